The number of piperidine rings is 1. The first kappa shape index (κ1) is 45.1. The molecule has 16 nitrogen and oxygen atoms in total. The number of ether oxygens (including phenoxy) is 1. The Morgan fingerprint density at radius 2 is 1.86 bits per heavy atom. The molecule has 7 rings (SSSR count). The minimum Gasteiger partial charge on any atom is -0.444 e. The second kappa shape index (κ2) is 19.6. The van der Waals surface area contributed by atoms with Gasteiger partial charge in [0.05, 0.1) is 22.8 Å². The smallest absolute Gasteiger partial charge is 0.405 e. The van der Waals surface area contributed by atoms with E-state index in [0.29, 0.717) is 31.1 Å². The number of anilines is 2. The number of imide groups is 1. The highest BCUT2D eigenvalue weighted by atomic mass is 19.4. The van der Waals surface area contributed by atoms with Gasteiger partial charge in [-0.2, -0.15) is 18.3 Å². The van der Waals surface area contributed by atoms with E-state index in [2.05, 4.69) is 43.0 Å². The zero-order valence-corrected chi connectivity index (χ0v) is 34.8. The van der Waals surface area contributed by atoms with Crippen molar-refractivity contribution in [2.75, 3.05) is 50.5 Å². The second-order valence-corrected chi connectivity index (χ2v) is 16.1. The van der Waals surface area contributed by atoms with Crippen molar-refractivity contribution in [1.82, 2.24) is 39.1 Å². The highest BCUT2D eigenvalue weighted by molar-refractivity contribution is 6.03. The van der Waals surface area contributed by atoms with Crippen LogP contribution in [0.4, 0.5) is 33.5 Å². The minimum atomic E-state index is -4.46. The molecule has 1 aromatic carbocycles. The molecule has 4 aromatic heterocycles. The molecule has 21 heteroatoms. The molecule has 1 atom stereocenters. The molecule has 1 saturated heterocycles. The van der Waals surface area contributed by atoms with E-state index in [1.165, 1.54) is 33.8 Å². The number of imidazole rings is 1. The maximum Gasteiger partial charge on any atom is 0.405 e. The van der Waals surface area contributed by atoms with Gasteiger partial charge in [0.25, 0.3) is 12.3 Å². The van der Waals surface area contributed by atoms with Crippen molar-refractivity contribution in [2.45, 2.75) is 82.5 Å². The summed E-state index contributed by atoms with van der Waals surface area (Å²) >= 11 is 0. The van der Waals surface area contributed by atoms with Crippen LogP contribution in [0.5, 0.6) is 0 Å². The standard InChI is InChI=1S/C42H49F5N10O6/c1-54(17-5-19-62-18-4-7-26-6-3-8-31-36(26)55(2)41(61)57(31)32-13-14-34(58)52-39(32)60)21-25-9-11-28(12-10-25)56-22-29(35(53-56)37(43)44)50-38(59)30-23-63-40(51-30)27-15-16-48-33(20-27)49-24-42(45,46)47/h3,6,8,15-16,20,22-23,25,28,32,37H,4-5,7,9-14,17-19,21,24H2,1-2H3,(H,48,49)(H,50,59)(H,52,58,60)/t25-,28-,32?. The summed E-state index contributed by atoms with van der Waals surface area (Å²) in [7, 11) is 3.76. The van der Waals surface area contributed by atoms with Crippen molar-refractivity contribution in [3.8, 4) is 11.5 Å². The van der Waals surface area contributed by atoms with Crippen molar-refractivity contribution in [2.24, 2.45) is 13.0 Å². The fourth-order valence-corrected chi connectivity index (χ4v) is 8.38. The SMILES string of the molecule is CN(CCCOCCCc1cccc2c1n(C)c(=O)n2C1CCC(=O)NC1=O)C[C@H]1CC[C@H](n2cc(NC(=O)c3coc(-c4ccnc(NCC(F)(F)F)c4)n3)c(C(F)F)n2)CC1. The van der Waals surface area contributed by atoms with Gasteiger partial charge in [-0.1, -0.05) is 12.1 Å². The highest BCUT2D eigenvalue weighted by Crippen LogP contribution is 2.35. The average molecular weight is 885 g/mol. The highest BCUT2D eigenvalue weighted by Gasteiger charge is 2.32. The first-order chi connectivity index (χ1) is 30.1. The summed E-state index contributed by atoms with van der Waals surface area (Å²) in [6.45, 7) is 1.55. The number of fused-ring (bicyclic) bond motifs is 1. The number of alkyl halides is 5. The maximum absolute atomic E-state index is 14.1. The third kappa shape index (κ3) is 11.0. The molecule has 0 radical (unpaired) electrons. The molecular formula is C42H49F5N10O6. The molecule has 2 aliphatic rings. The van der Waals surface area contributed by atoms with Gasteiger partial charge in [0.15, 0.2) is 11.4 Å². The quantitative estimate of drug-likeness (QED) is 0.0501. The molecule has 63 heavy (non-hydrogen) atoms. The molecule has 1 aliphatic heterocycles. The van der Waals surface area contributed by atoms with E-state index in [9.17, 15) is 41.1 Å². The van der Waals surface area contributed by atoms with E-state index in [-0.39, 0.29) is 59.1 Å². The van der Waals surface area contributed by atoms with Gasteiger partial charge in [0.2, 0.25) is 17.7 Å². The number of rotatable bonds is 18. The van der Waals surface area contributed by atoms with E-state index < -0.39 is 42.7 Å². The largest absolute Gasteiger partial charge is 0.444 e. The van der Waals surface area contributed by atoms with Crippen molar-refractivity contribution < 1.29 is 45.5 Å². The summed E-state index contributed by atoms with van der Waals surface area (Å²) in [6.07, 6.45) is 2.18. The lowest BCUT2D eigenvalue weighted by atomic mass is 9.86. The van der Waals surface area contributed by atoms with Crippen LogP contribution in [0.3, 0.4) is 0 Å². The Balaban J connectivity index is 0.827. The van der Waals surface area contributed by atoms with Crippen LogP contribution in [-0.4, -0.2) is 97.6 Å². The van der Waals surface area contributed by atoms with Crippen LogP contribution in [-0.2, 0) is 27.8 Å². The molecule has 5 aromatic rings. The molecule has 1 unspecified atom stereocenters. The van der Waals surface area contributed by atoms with Gasteiger partial charge in [-0.05, 0) is 88.1 Å². The molecule has 3 N–H and O–H groups in total. The zero-order valence-electron chi connectivity index (χ0n) is 34.8. The summed E-state index contributed by atoms with van der Waals surface area (Å²) in [6, 6.07) is 7.52. The van der Waals surface area contributed by atoms with Crippen LogP contribution in [0.15, 0.2) is 58.2 Å². The number of hydrogen-bond acceptors (Lipinski definition) is 11. The number of carbonyl (C=O) groups is 3. The van der Waals surface area contributed by atoms with Crippen LogP contribution in [0.1, 0.15) is 91.6 Å². The summed E-state index contributed by atoms with van der Waals surface area (Å²) in [4.78, 5) is 60.7. The van der Waals surface area contributed by atoms with Gasteiger partial charge in [0.1, 0.15) is 24.7 Å². The van der Waals surface area contributed by atoms with Gasteiger partial charge in [-0.3, -0.25) is 33.5 Å². The maximum atomic E-state index is 14.1. The summed E-state index contributed by atoms with van der Waals surface area (Å²) in [5.41, 5.74) is 1.42. The molecule has 1 aliphatic carbocycles. The number of benzene rings is 1. The fourth-order valence-electron chi connectivity index (χ4n) is 8.38. The lowest BCUT2D eigenvalue weighted by molar-refractivity contribution is -0.135. The van der Waals surface area contributed by atoms with Crippen LogP contribution in [0.2, 0.25) is 0 Å². The number of carbonyl (C=O) groups excluding carboxylic acids is 3. The molecule has 3 amide bonds. The predicted molar refractivity (Wildman–Crippen MR) is 220 cm³/mol. The summed E-state index contributed by atoms with van der Waals surface area (Å²) < 4.78 is 81.9. The lowest BCUT2D eigenvalue weighted by Crippen LogP contribution is -2.44. The number of aromatic nitrogens is 6. The molecule has 338 valence electrons. The Morgan fingerprint density at radius 1 is 1.08 bits per heavy atom. The number of pyridine rings is 1. The summed E-state index contributed by atoms with van der Waals surface area (Å²) in [5.74, 6) is -1.36. The first-order valence-electron chi connectivity index (χ1n) is 20.8. The third-order valence-corrected chi connectivity index (χ3v) is 11.5. The van der Waals surface area contributed by atoms with Crippen LogP contribution < -0.4 is 21.6 Å². The Morgan fingerprint density at radius 3 is 2.60 bits per heavy atom. The molecule has 0 spiro atoms. The van der Waals surface area contributed by atoms with E-state index in [1.54, 1.807) is 11.6 Å². The van der Waals surface area contributed by atoms with E-state index in [1.807, 2.05) is 18.2 Å². The zero-order chi connectivity index (χ0) is 44.8. The van der Waals surface area contributed by atoms with E-state index >= 15 is 0 Å². The van der Waals surface area contributed by atoms with Crippen LogP contribution >= 0.6 is 0 Å². The molecular weight excluding hydrogens is 836 g/mol. The number of hydrogen-bond donors (Lipinski definition) is 3. The molecule has 2 fully saturated rings. The van der Waals surface area contributed by atoms with Crippen molar-refractivity contribution in [3.05, 3.63) is 76.4 Å². The predicted octanol–water partition coefficient (Wildman–Crippen LogP) is 6.43. The minimum absolute atomic E-state index is 0.0743. The van der Waals surface area contributed by atoms with Gasteiger partial charge in [0, 0.05) is 57.7 Å². The number of nitrogens with one attached hydrogen (secondary N) is 3. The number of para-hydroxylation sites is 1. The van der Waals surface area contributed by atoms with Gasteiger partial charge in [-0.15, -0.1) is 0 Å². The monoisotopic (exact) mass is 884 g/mol. The molecule has 0 bridgehead atoms. The Hall–Kier alpha value is -5.96. The Bertz CT molecular complexity index is 2470. The number of amides is 3. The van der Waals surface area contributed by atoms with Crippen molar-refractivity contribution in [3.63, 3.8) is 0 Å². The van der Waals surface area contributed by atoms with Crippen molar-refractivity contribution >= 4 is 40.3 Å². The number of aryl methyl sites for hydroxylation is 2. The fraction of sp³-hybridized carbons (Fsp3) is 0.500. The molecule has 1 saturated carbocycles. The Labute approximate surface area is 358 Å². The third-order valence-electron chi connectivity index (χ3n) is 11.5. The molecule has 5 heterocycles. The second-order valence-electron chi connectivity index (χ2n) is 16.1. The first-order valence-corrected chi connectivity index (χ1v) is 20.8. The van der Waals surface area contributed by atoms with Gasteiger partial charge in [-0.25, -0.2) is 23.5 Å². The van der Waals surface area contributed by atoms with Crippen LogP contribution in [0, 0.1) is 5.92 Å². The number of nitrogens with zero attached hydrogens (tertiary/aromatic N) is 7. The van der Waals surface area contributed by atoms with Gasteiger partial charge >= 0.3 is 11.9 Å². The number of oxazole rings is 1. The topological polar surface area (TPSA) is 183 Å². The van der Waals surface area contributed by atoms with E-state index in [0.717, 1.165) is 69.0 Å². The summed E-state index contributed by atoms with van der Waals surface area (Å²) in [5, 5.41) is 11.1. The van der Waals surface area contributed by atoms with E-state index in [4.69, 9.17) is 9.15 Å². The normalized spacial score (nSPS) is 18.4. The lowest BCUT2D eigenvalue weighted by Gasteiger charge is -2.31. The van der Waals surface area contributed by atoms with Gasteiger partial charge < -0.3 is 24.7 Å². The van der Waals surface area contributed by atoms with Crippen LogP contribution in [0.25, 0.3) is 22.5 Å². The van der Waals surface area contributed by atoms with Crippen molar-refractivity contribution in [1.29, 1.82) is 0 Å². The number of halogens is 5. The average Bonchev–Trinajstić information content (AvgIpc) is 3.98. The Kier molecular flexibility index (Phi) is 14.0.